The molecule has 27 heavy (non-hydrogen) atoms. The maximum Gasteiger partial charge on any atom is 0.222 e. The lowest BCUT2D eigenvalue weighted by Crippen LogP contribution is -2.52. The monoisotopic (exact) mass is 386 g/mol. The molecule has 0 N–H and O–H groups in total. The largest absolute Gasteiger partial charge is 0.340 e. The van der Waals surface area contributed by atoms with Crippen LogP contribution in [0.2, 0.25) is 0 Å². The van der Waals surface area contributed by atoms with E-state index < -0.39 is 9.84 Å². The number of nitrogens with zero attached hydrogens (tertiary/aromatic N) is 2. The molecule has 0 saturated carbocycles. The molecule has 2 aliphatic heterocycles. The zero-order chi connectivity index (χ0) is 18.9. The summed E-state index contributed by atoms with van der Waals surface area (Å²) in [6.07, 6.45) is 2.01. The minimum Gasteiger partial charge on any atom is -0.340 e. The van der Waals surface area contributed by atoms with Crippen molar-refractivity contribution in [2.45, 2.75) is 25.3 Å². The number of hydrogen-bond acceptors (Lipinski definition) is 4. The van der Waals surface area contributed by atoms with Crippen LogP contribution in [0.25, 0.3) is 10.8 Å². The summed E-state index contributed by atoms with van der Waals surface area (Å²) in [6, 6.07) is 14.8. The summed E-state index contributed by atoms with van der Waals surface area (Å²) in [6.45, 7) is 2.96. The number of amides is 1. The molecule has 0 bridgehead atoms. The van der Waals surface area contributed by atoms with E-state index in [9.17, 15) is 13.2 Å². The lowest BCUT2D eigenvalue weighted by Gasteiger charge is -2.37. The zero-order valence-corrected chi connectivity index (χ0v) is 16.3. The highest BCUT2D eigenvalue weighted by Crippen LogP contribution is 2.20. The van der Waals surface area contributed by atoms with Crippen molar-refractivity contribution in [1.29, 1.82) is 0 Å². The van der Waals surface area contributed by atoms with Crippen LogP contribution < -0.4 is 0 Å². The van der Waals surface area contributed by atoms with Crippen LogP contribution in [0.3, 0.4) is 0 Å². The van der Waals surface area contributed by atoms with E-state index in [0.29, 0.717) is 25.3 Å². The predicted molar refractivity (Wildman–Crippen MR) is 107 cm³/mol. The number of aryl methyl sites for hydroxylation is 1. The van der Waals surface area contributed by atoms with Crippen molar-refractivity contribution in [2.24, 2.45) is 0 Å². The number of benzene rings is 2. The molecule has 0 spiro atoms. The molecule has 2 aromatic carbocycles. The molecule has 2 fully saturated rings. The van der Waals surface area contributed by atoms with Crippen molar-refractivity contribution in [3.63, 3.8) is 0 Å². The van der Waals surface area contributed by atoms with E-state index in [1.807, 2.05) is 17.0 Å². The minimum atomic E-state index is -2.85. The Labute approximate surface area is 160 Å². The highest BCUT2D eigenvalue weighted by atomic mass is 32.2. The fourth-order valence-electron chi connectivity index (χ4n) is 4.20. The van der Waals surface area contributed by atoms with Crippen molar-refractivity contribution >= 4 is 26.5 Å². The normalized spacial score (nSPS) is 23.0. The summed E-state index contributed by atoms with van der Waals surface area (Å²) in [7, 11) is -2.85. The Hall–Kier alpha value is -1.92. The van der Waals surface area contributed by atoms with Crippen molar-refractivity contribution < 1.29 is 13.2 Å². The van der Waals surface area contributed by atoms with Gasteiger partial charge in [0.2, 0.25) is 5.91 Å². The fraction of sp³-hybridized carbons (Fsp3) is 0.476. The summed E-state index contributed by atoms with van der Waals surface area (Å²) < 4.78 is 23.3. The first-order valence-corrected chi connectivity index (χ1v) is 11.5. The van der Waals surface area contributed by atoms with Gasteiger partial charge in [-0.3, -0.25) is 9.69 Å². The van der Waals surface area contributed by atoms with E-state index in [0.717, 1.165) is 25.9 Å². The number of fused-ring (bicyclic) bond motifs is 1. The van der Waals surface area contributed by atoms with Crippen LogP contribution in [0, 0.1) is 0 Å². The quantitative estimate of drug-likeness (QED) is 0.808. The van der Waals surface area contributed by atoms with E-state index in [1.54, 1.807) is 0 Å². The second-order valence-corrected chi connectivity index (χ2v) is 9.88. The van der Waals surface area contributed by atoms with Gasteiger partial charge in [0.05, 0.1) is 11.5 Å². The Balaban J connectivity index is 1.28. The predicted octanol–water partition coefficient (Wildman–Crippen LogP) is 2.10. The molecule has 2 aromatic rings. The molecule has 0 radical (unpaired) electrons. The number of sulfone groups is 1. The van der Waals surface area contributed by atoms with Crippen LogP contribution in [-0.2, 0) is 21.1 Å². The van der Waals surface area contributed by atoms with Gasteiger partial charge in [0.25, 0.3) is 0 Å². The van der Waals surface area contributed by atoms with Gasteiger partial charge in [0.1, 0.15) is 0 Å². The topological polar surface area (TPSA) is 57.7 Å². The molecule has 2 heterocycles. The van der Waals surface area contributed by atoms with Crippen LogP contribution in [0.1, 0.15) is 18.4 Å². The standard InChI is InChI=1S/C21H26N2O3S/c24-21(8-6-17-5-7-18-3-1-2-4-19(18)15-17)23-12-10-22(11-13-23)20-9-14-27(25,26)16-20/h1-5,7,15,20H,6,8-14,16H2. The van der Waals surface area contributed by atoms with Gasteiger partial charge in [0.15, 0.2) is 9.84 Å². The van der Waals surface area contributed by atoms with E-state index in [-0.39, 0.29) is 17.7 Å². The van der Waals surface area contributed by atoms with E-state index >= 15 is 0 Å². The van der Waals surface area contributed by atoms with Gasteiger partial charge in [-0.2, -0.15) is 0 Å². The number of rotatable bonds is 4. The fourth-order valence-corrected chi connectivity index (χ4v) is 5.97. The van der Waals surface area contributed by atoms with Gasteiger partial charge in [-0.25, -0.2) is 8.42 Å². The Kier molecular flexibility index (Phi) is 5.19. The van der Waals surface area contributed by atoms with Gasteiger partial charge in [-0.05, 0) is 29.2 Å². The summed E-state index contributed by atoms with van der Waals surface area (Å²) in [5, 5.41) is 2.43. The molecule has 1 amide bonds. The second-order valence-electron chi connectivity index (χ2n) is 7.66. The molecule has 1 unspecified atom stereocenters. The van der Waals surface area contributed by atoms with Crippen LogP contribution in [0.5, 0.6) is 0 Å². The maximum atomic E-state index is 12.6. The van der Waals surface area contributed by atoms with Crippen molar-refractivity contribution in [3.05, 3.63) is 48.0 Å². The van der Waals surface area contributed by atoms with E-state index in [1.165, 1.54) is 16.3 Å². The zero-order valence-electron chi connectivity index (χ0n) is 15.5. The summed E-state index contributed by atoms with van der Waals surface area (Å²) in [5.41, 5.74) is 1.19. The van der Waals surface area contributed by atoms with Gasteiger partial charge < -0.3 is 4.90 Å². The van der Waals surface area contributed by atoms with Gasteiger partial charge in [-0.1, -0.05) is 42.5 Å². The van der Waals surface area contributed by atoms with Crippen molar-refractivity contribution in [1.82, 2.24) is 9.80 Å². The van der Waals surface area contributed by atoms with Crippen molar-refractivity contribution in [2.75, 3.05) is 37.7 Å². The Bertz CT molecular complexity index is 933. The van der Waals surface area contributed by atoms with Crippen LogP contribution in [-0.4, -0.2) is 67.9 Å². The smallest absolute Gasteiger partial charge is 0.222 e. The molecule has 2 aliphatic rings. The van der Waals surface area contributed by atoms with Crippen molar-refractivity contribution in [3.8, 4) is 0 Å². The molecule has 5 nitrogen and oxygen atoms in total. The average Bonchev–Trinajstić information content (AvgIpc) is 3.06. The summed E-state index contributed by atoms with van der Waals surface area (Å²) in [4.78, 5) is 16.8. The molecule has 6 heteroatoms. The Morgan fingerprint density at radius 1 is 1.00 bits per heavy atom. The first kappa shape index (κ1) is 18.4. The molecule has 4 rings (SSSR count). The average molecular weight is 387 g/mol. The lowest BCUT2D eigenvalue weighted by atomic mass is 10.0. The third kappa shape index (κ3) is 4.33. The van der Waals surface area contributed by atoms with Gasteiger partial charge >= 0.3 is 0 Å². The van der Waals surface area contributed by atoms with E-state index in [2.05, 4.69) is 35.2 Å². The van der Waals surface area contributed by atoms with Crippen LogP contribution in [0.15, 0.2) is 42.5 Å². The first-order chi connectivity index (χ1) is 13.0. The second kappa shape index (κ2) is 7.60. The number of hydrogen-bond donors (Lipinski definition) is 0. The van der Waals surface area contributed by atoms with Crippen LogP contribution >= 0.6 is 0 Å². The highest BCUT2D eigenvalue weighted by Gasteiger charge is 2.34. The van der Waals surface area contributed by atoms with Crippen LogP contribution in [0.4, 0.5) is 0 Å². The third-order valence-electron chi connectivity index (χ3n) is 5.83. The number of carbonyl (C=O) groups excluding carboxylic acids is 1. The molecule has 144 valence electrons. The van der Waals surface area contributed by atoms with Gasteiger partial charge in [0, 0.05) is 38.6 Å². The number of carbonyl (C=O) groups is 1. The molecular formula is C21H26N2O3S. The molecule has 2 saturated heterocycles. The maximum absolute atomic E-state index is 12.6. The summed E-state index contributed by atoms with van der Waals surface area (Å²) in [5.74, 6) is 0.785. The van der Waals surface area contributed by atoms with Gasteiger partial charge in [-0.15, -0.1) is 0 Å². The Morgan fingerprint density at radius 2 is 1.74 bits per heavy atom. The Morgan fingerprint density at radius 3 is 2.44 bits per heavy atom. The first-order valence-electron chi connectivity index (χ1n) is 9.70. The molecule has 0 aromatic heterocycles. The highest BCUT2D eigenvalue weighted by molar-refractivity contribution is 7.91. The molecule has 1 atom stereocenters. The molecule has 0 aliphatic carbocycles. The third-order valence-corrected chi connectivity index (χ3v) is 7.58. The lowest BCUT2D eigenvalue weighted by molar-refractivity contribution is -0.133. The minimum absolute atomic E-state index is 0.143. The number of piperazine rings is 1. The summed E-state index contributed by atoms with van der Waals surface area (Å²) >= 11 is 0. The van der Waals surface area contributed by atoms with E-state index in [4.69, 9.17) is 0 Å². The molecular weight excluding hydrogens is 360 g/mol. The SMILES string of the molecule is O=C(CCc1ccc2ccccc2c1)N1CCN(C2CCS(=O)(=O)C2)CC1.